The van der Waals surface area contributed by atoms with E-state index in [1.54, 1.807) is 17.8 Å². The van der Waals surface area contributed by atoms with Crippen molar-refractivity contribution in [3.05, 3.63) is 17.8 Å². The maximum Gasteiger partial charge on any atom is 0.378 e. The minimum absolute atomic E-state index is 0.154. The number of ketones is 1. The number of carbonyl (C=O) groups is 2. The van der Waals surface area contributed by atoms with Gasteiger partial charge < -0.3 is 10.1 Å². The topological polar surface area (TPSA) is 70.2 Å². The molecule has 1 aliphatic carbocycles. The van der Waals surface area contributed by atoms with Gasteiger partial charge in [0.05, 0.1) is 10.7 Å². The van der Waals surface area contributed by atoms with Gasteiger partial charge in [-0.25, -0.2) is 4.79 Å². The molecule has 1 aliphatic rings. The van der Waals surface area contributed by atoms with E-state index in [1.807, 2.05) is 0 Å². The van der Waals surface area contributed by atoms with Crippen LogP contribution in [-0.2, 0) is 4.79 Å². The van der Waals surface area contributed by atoms with E-state index in [9.17, 15) is 9.59 Å². The first-order valence-electron chi connectivity index (χ1n) is 4.76. The summed E-state index contributed by atoms with van der Waals surface area (Å²) in [7, 11) is 0. The molecular formula is C10H11NO3S. The van der Waals surface area contributed by atoms with Crippen LogP contribution in [0.5, 0.6) is 0 Å². The number of thioether (sulfide) groups is 1. The molecule has 80 valence electrons. The Bertz CT molecular complexity index is 395. The molecule has 1 saturated carbocycles. The third kappa shape index (κ3) is 2.62. The molecule has 2 N–H and O–H groups in total. The molecule has 0 amide bonds. The Morgan fingerprint density at radius 1 is 1.47 bits per heavy atom. The molecule has 1 fully saturated rings. The number of aliphatic carboxylic acids is 1. The molecule has 5 heteroatoms. The average molecular weight is 225 g/mol. The monoisotopic (exact) mass is 225 g/mol. The van der Waals surface area contributed by atoms with Crippen molar-refractivity contribution in [3.63, 3.8) is 0 Å². The molecule has 0 aromatic carbocycles. The molecule has 0 radical (unpaired) electrons. The zero-order valence-corrected chi connectivity index (χ0v) is 8.84. The van der Waals surface area contributed by atoms with Crippen molar-refractivity contribution >= 4 is 23.5 Å². The summed E-state index contributed by atoms with van der Waals surface area (Å²) >= 11 is 1.64. The average Bonchev–Trinajstić information content (AvgIpc) is 2.92. The molecule has 1 aromatic heterocycles. The first-order valence-corrected chi connectivity index (χ1v) is 5.75. The van der Waals surface area contributed by atoms with Crippen molar-refractivity contribution in [3.8, 4) is 0 Å². The normalized spacial score (nSPS) is 15.2. The van der Waals surface area contributed by atoms with E-state index in [1.165, 1.54) is 18.9 Å². The zero-order valence-electron chi connectivity index (χ0n) is 8.03. The summed E-state index contributed by atoms with van der Waals surface area (Å²) in [5.41, 5.74) is 0.154. The van der Waals surface area contributed by atoms with Crippen LogP contribution in [0.25, 0.3) is 0 Å². The molecule has 15 heavy (non-hydrogen) atoms. The fourth-order valence-electron chi connectivity index (χ4n) is 1.20. The van der Waals surface area contributed by atoms with Crippen LogP contribution in [0.15, 0.2) is 17.2 Å². The standard InChI is InChI=1S/C10H11NO3S/c12-9(10(13)14)7-3-4-8(11-7)15-5-6-1-2-6/h3-4,6,11H,1-2,5H2,(H,13,14). The minimum Gasteiger partial charge on any atom is -0.475 e. The second kappa shape index (κ2) is 4.10. The van der Waals surface area contributed by atoms with Crippen LogP contribution in [0.4, 0.5) is 0 Å². The van der Waals surface area contributed by atoms with Crippen molar-refractivity contribution in [1.82, 2.24) is 4.98 Å². The SMILES string of the molecule is O=C(O)C(=O)c1ccc(SCC2CC2)[nH]1. The highest BCUT2D eigenvalue weighted by molar-refractivity contribution is 7.99. The summed E-state index contributed by atoms with van der Waals surface area (Å²) in [5, 5.41) is 9.36. The van der Waals surface area contributed by atoms with Gasteiger partial charge in [0.1, 0.15) is 0 Å². The molecule has 0 unspecified atom stereocenters. The maximum absolute atomic E-state index is 11.1. The van der Waals surface area contributed by atoms with Crippen LogP contribution in [0.1, 0.15) is 23.3 Å². The van der Waals surface area contributed by atoms with E-state index in [2.05, 4.69) is 4.98 Å². The van der Waals surface area contributed by atoms with Crippen molar-refractivity contribution in [2.75, 3.05) is 5.75 Å². The highest BCUT2D eigenvalue weighted by Crippen LogP contribution is 2.34. The number of carbonyl (C=O) groups excluding carboxylic acids is 1. The van der Waals surface area contributed by atoms with Crippen molar-refractivity contribution < 1.29 is 14.7 Å². The number of aromatic nitrogens is 1. The second-order valence-electron chi connectivity index (χ2n) is 3.62. The third-order valence-electron chi connectivity index (χ3n) is 2.27. The van der Waals surface area contributed by atoms with E-state index >= 15 is 0 Å². The van der Waals surface area contributed by atoms with Crippen LogP contribution in [0.3, 0.4) is 0 Å². The van der Waals surface area contributed by atoms with Gasteiger partial charge in [-0.05, 0) is 30.9 Å². The molecule has 2 rings (SSSR count). The van der Waals surface area contributed by atoms with Gasteiger partial charge in [0, 0.05) is 5.75 Å². The quantitative estimate of drug-likeness (QED) is 0.455. The van der Waals surface area contributed by atoms with Crippen molar-refractivity contribution in [2.24, 2.45) is 5.92 Å². The number of Topliss-reactive ketones (excluding diaryl/α,β-unsaturated/α-hetero) is 1. The van der Waals surface area contributed by atoms with Gasteiger partial charge >= 0.3 is 5.97 Å². The Kier molecular flexibility index (Phi) is 2.81. The summed E-state index contributed by atoms with van der Waals surface area (Å²) in [5.74, 6) is -0.456. The minimum atomic E-state index is -1.42. The largest absolute Gasteiger partial charge is 0.475 e. The Balaban J connectivity index is 1.96. The van der Waals surface area contributed by atoms with Gasteiger partial charge in [-0.15, -0.1) is 11.8 Å². The molecule has 0 atom stereocenters. The van der Waals surface area contributed by atoms with E-state index in [-0.39, 0.29) is 5.69 Å². The lowest BCUT2D eigenvalue weighted by atomic mass is 10.3. The first kappa shape index (κ1) is 10.3. The lowest BCUT2D eigenvalue weighted by Crippen LogP contribution is -2.12. The van der Waals surface area contributed by atoms with Gasteiger partial charge in [0.15, 0.2) is 0 Å². The van der Waals surface area contributed by atoms with Gasteiger partial charge in [0.2, 0.25) is 0 Å². The Morgan fingerprint density at radius 3 is 2.80 bits per heavy atom. The van der Waals surface area contributed by atoms with Crippen LogP contribution in [0, 0.1) is 5.92 Å². The predicted octanol–water partition coefficient (Wildman–Crippen LogP) is 1.78. The molecule has 4 nitrogen and oxygen atoms in total. The Morgan fingerprint density at radius 2 is 2.20 bits per heavy atom. The summed E-state index contributed by atoms with van der Waals surface area (Å²) in [4.78, 5) is 24.3. The van der Waals surface area contributed by atoms with Gasteiger partial charge in [-0.3, -0.25) is 4.79 Å². The molecular weight excluding hydrogens is 214 g/mol. The van der Waals surface area contributed by atoms with Crippen LogP contribution >= 0.6 is 11.8 Å². The van der Waals surface area contributed by atoms with Crippen molar-refractivity contribution in [1.29, 1.82) is 0 Å². The van der Waals surface area contributed by atoms with Gasteiger partial charge in [-0.1, -0.05) is 0 Å². The molecule has 0 aliphatic heterocycles. The summed E-state index contributed by atoms with van der Waals surface area (Å²) in [6.07, 6.45) is 2.57. The van der Waals surface area contributed by atoms with E-state index < -0.39 is 11.8 Å². The van der Waals surface area contributed by atoms with Crippen LogP contribution < -0.4 is 0 Å². The van der Waals surface area contributed by atoms with E-state index in [0.717, 1.165) is 16.7 Å². The molecule has 1 aromatic rings. The second-order valence-corrected chi connectivity index (χ2v) is 4.69. The predicted molar refractivity (Wildman–Crippen MR) is 56.2 cm³/mol. The molecule has 0 saturated heterocycles. The molecule has 0 spiro atoms. The van der Waals surface area contributed by atoms with E-state index in [4.69, 9.17) is 5.11 Å². The number of aromatic amines is 1. The number of nitrogens with one attached hydrogen (secondary N) is 1. The summed E-state index contributed by atoms with van der Waals surface area (Å²) in [6, 6.07) is 3.27. The molecule has 0 bridgehead atoms. The number of carboxylic acids is 1. The Hall–Kier alpha value is -1.23. The summed E-state index contributed by atoms with van der Waals surface area (Å²) in [6.45, 7) is 0. The third-order valence-corrected chi connectivity index (χ3v) is 3.46. The highest BCUT2D eigenvalue weighted by Gasteiger charge is 2.22. The van der Waals surface area contributed by atoms with Crippen LogP contribution in [-0.4, -0.2) is 27.6 Å². The summed E-state index contributed by atoms with van der Waals surface area (Å²) < 4.78 is 0. The zero-order chi connectivity index (χ0) is 10.8. The van der Waals surface area contributed by atoms with E-state index in [0.29, 0.717) is 0 Å². The van der Waals surface area contributed by atoms with Crippen LogP contribution in [0.2, 0.25) is 0 Å². The molecule has 1 heterocycles. The maximum atomic E-state index is 11.1. The number of H-pyrrole nitrogens is 1. The number of hydrogen-bond donors (Lipinski definition) is 2. The number of carboxylic acid groups (broad SMARTS) is 1. The van der Waals surface area contributed by atoms with Gasteiger partial charge in [-0.2, -0.15) is 0 Å². The number of hydrogen-bond acceptors (Lipinski definition) is 3. The lowest BCUT2D eigenvalue weighted by Gasteiger charge is -1.95. The van der Waals surface area contributed by atoms with Gasteiger partial charge in [0.25, 0.3) is 5.78 Å². The lowest BCUT2D eigenvalue weighted by molar-refractivity contribution is -0.131. The number of rotatable bonds is 5. The first-order chi connectivity index (χ1) is 7.16. The highest BCUT2D eigenvalue weighted by atomic mass is 32.2. The smallest absolute Gasteiger partial charge is 0.378 e. The fraction of sp³-hybridized carbons (Fsp3) is 0.400. The van der Waals surface area contributed by atoms with Crippen molar-refractivity contribution in [2.45, 2.75) is 17.9 Å². The Labute approximate surface area is 91.1 Å². The fourth-order valence-corrected chi connectivity index (χ4v) is 2.29.